The molecule has 2 fully saturated rings. The first-order valence-electron chi connectivity index (χ1n) is 8.53. The molecule has 7 nitrogen and oxygen atoms in total. The number of thiazole rings is 1. The topological polar surface area (TPSA) is 80.9 Å². The zero-order valence-corrected chi connectivity index (χ0v) is 15.0. The average Bonchev–Trinajstić information content (AvgIpc) is 2.76. The number of anilines is 1. The Hall–Kier alpha value is -1.22. The lowest BCUT2D eigenvalue weighted by Crippen LogP contribution is -2.46. The fourth-order valence-corrected chi connectivity index (χ4v) is 3.99. The van der Waals surface area contributed by atoms with E-state index in [0.29, 0.717) is 24.7 Å². The largest absolute Gasteiger partial charge is 0.379 e. The van der Waals surface area contributed by atoms with Gasteiger partial charge in [0.1, 0.15) is 0 Å². The highest BCUT2D eigenvalue weighted by molar-refractivity contribution is 7.15. The molecule has 0 radical (unpaired) electrons. The van der Waals surface area contributed by atoms with Crippen LogP contribution in [-0.4, -0.2) is 79.3 Å². The fraction of sp³-hybridized carbons (Fsp3) is 0.750. The maximum Gasteiger partial charge on any atom is 0.227 e. The molecule has 1 aromatic heterocycles. The van der Waals surface area contributed by atoms with Crippen molar-refractivity contribution in [2.75, 3.05) is 58.3 Å². The number of carbonyl (C=O) groups is 1. The molecule has 0 bridgehead atoms. The Balaban J connectivity index is 1.57. The summed E-state index contributed by atoms with van der Waals surface area (Å²) in [6.45, 7) is 8.33. The van der Waals surface area contributed by atoms with Crippen molar-refractivity contribution in [3.63, 3.8) is 0 Å². The number of ether oxygens (including phenoxy) is 2. The molecule has 0 saturated carbocycles. The molecule has 3 rings (SSSR count). The van der Waals surface area contributed by atoms with Gasteiger partial charge in [0, 0.05) is 44.2 Å². The minimum atomic E-state index is 0.0715. The molecule has 3 heterocycles. The lowest BCUT2D eigenvalue weighted by atomic mass is 10.2. The Morgan fingerprint density at radius 2 is 2.12 bits per heavy atom. The van der Waals surface area contributed by atoms with Crippen LogP contribution < -0.4 is 5.73 Å². The van der Waals surface area contributed by atoms with Crippen LogP contribution in [0.15, 0.2) is 0 Å². The van der Waals surface area contributed by atoms with Crippen LogP contribution >= 0.6 is 11.3 Å². The van der Waals surface area contributed by atoms with Crippen LogP contribution in [0.2, 0.25) is 0 Å². The third kappa shape index (κ3) is 4.66. The SMILES string of the molecule is Cc1nc(N)sc1CC(=O)N1CCCO[C@H](CN2CCOCC2)C1. The summed E-state index contributed by atoms with van der Waals surface area (Å²) in [4.78, 5) is 22.2. The van der Waals surface area contributed by atoms with Crippen LogP contribution in [0.3, 0.4) is 0 Å². The van der Waals surface area contributed by atoms with Gasteiger partial charge in [0.15, 0.2) is 5.13 Å². The molecule has 0 unspecified atom stereocenters. The first-order valence-corrected chi connectivity index (χ1v) is 9.34. The van der Waals surface area contributed by atoms with Crippen molar-refractivity contribution < 1.29 is 14.3 Å². The quantitative estimate of drug-likeness (QED) is 0.849. The summed E-state index contributed by atoms with van der Waals surface area (Å²) in [7, 11) is 0. The van der Waals surface area contributed by atoms with Crippen molar-refractivity contribution in [2.24, 2.45) is 0 Å². The van der Waals surface area contributed by atoms with E-state index in [1.165, 1.54) is 11.3 Å². The maximum atomic E-state index is 12.7. The second kappa shape index (κ2) is 8.24. The Bertz CT molecular complexity index is 560. The van der Waals surface area contributed by atoms with Crippen LogP contribution in [-0.2, 0) is 20.7 Å². The third-order valence-electron chi connectivity index (χ3n) is 4.49. The predicted octanol–water partition coefficient (Wildman–Crippen LogP) is 0.526. The van der Waals surface area contributed by atoms with Crippen LogP contribution in [0.1, 0.15) is 17.0 Å². The molecule has 8 heteroatoms. The van der Waals surface area contributed by atoms with Gasteiger partial charge in [0.05, 0.1) is 31.4 Å². The van der Waals surface area contributed by atoms with Gasteiger partial charge < -0.3 is 20.1 Å². The lowest BCUT2D eigenvalue weighted by Gasteiger charge is -2.31. The highest BCUT2D eigenvalue weighted by Gasteiger charge is 2.25. The van der Waals surface area contributed by atoms with E-state index in [-0.39, 0.29) is 12.0 Å². The van der Waals surface area contributed by atoms with E-state index < -0.39 is 0 Å². The number of nitrogen functional groups attached to an aromatic ring is 1. The zero-order chi connectivity index (χ0) is 16.9. The van der Waals surface area contributed by atoms with E-state index in [0.717, 1.165) is 56.4 Å². The minimum Gasteiger partial charge on any atom is -0.379 e. The van der Waals surface area contributed by atoms with Crippen LogP contribution in [0, 0.1) is 6.92 Å². The third-order valence-corrected chi connectivity index (χ3v) is 5.48. The molecule has 0 aromatic carbocycles. The number of rotatable bonds is 4. The molecule has 24 heavy (non-hydrogen) atoms. The fourth-order valence-electron chi connectivity index (χ4n) is 3.17. The molecule has 2 saturated heterocycles. The van der Waals surface area contributed by atoms with Crippen LogP contribution in [0.25, 0.3) is 0 Å². The highest BCUT2D eigenvalue weighted by atomic mass is 32.1. The second-order valence-electron chi connectivity index (χ2n) is 6.34. The number of hydrogen-bond acceptors (Lipinski definition) is 7. The molecule has 0 aliphatic carbocycles. The summed E-state index contributed by atoms with van der Waals surface area (Å²) in [6, 6.07) is 0. The summed E-state index contributed by atoms with van der Waals surface area (Å²) >= 11 is 1.41. The first kappa shape index (κ1) is 17.6. The molecular formula is C16H26N4O3S. The van der Waals surface area contributed by atoms with E-state index in [4.69, 9.17) is 15.2 Å². The number of nitrogens with two attached hydrogens (primary N) is 1. The van der Waals surface area contributed by atoms with Crippen LogP contribution in [0.5, 0.6) is 0 Å². The normalized spacial score (nSPS) is 23.2. The van der Waals surface area contributed by atoms with E-state index in [1.54, 1.807) is 0 Å². The van der Waals surface area contributed by atoms with Gasteiger partial charge in [-0.1, -0.05) is 0 Å². The Kier molecular flexibility index (Phi) is 6.04. The number of hydrogen-bond donors (Lipinski definition) is 1. The highest BCUT2D eigenvalue weighted by Crippen LogP contribution is 2.21. The van der Waals surface area contributed by atoms with Gasteiger partial charge in [-0.3, -0.25) is 9.69 Å². The van der Waals surface area contributed by atoms with Crippen molar-refractivity contribution >= 4 is 22.4 Å². The molecular weight excluding hydrogens is 328 g/mol. The average molecular weight is 354 g/mol. The monoisotopic (exact) mass is 354 g/mol. The molecule has 1 atom stereocenters. The molecule has 1 amide bonds. The number of aromatic nitrogens is 1. The van der Waals surface area contributed by atoms with Crippen molar-refractivity contribution in [3.8, 4) is 0 Å². The van der Waals surface area contributed by atoms with Gasteiger partial charge in [-0.15, -0.1) is 11.3 Å². The summed E-state index contributed by atoms with van der Waals surface area (Å²) in [5.74, 6) is 0.138. The van der Waals surface area contributed by atoms with E-state index in [1.807, 2.05) is 11.8 Å². The molecule has 2 aliphatic rings. The van der Waals surface area contributed by atoms with Gasteiger partial charge in [-0.2, -0.15) is 0 Å². The number of aryl methyl sites for hydroxylation is 1. The van der Waals surface area contributed by atoms with E-state index >= 15 is 0 Å². The van der Waals surface area contributed by atoms with E-state index in [9.17, 15) is 4.79 Å². The predicted molar refractivity (Wildman–Crippen MR) is 93.2 cm³/mol. The Labute approximate surface area is 146 Å². The summed E-state index contributed by atoms with van der Waals surface area (Å²) < 4.78 is 11.3. The minimum absolute atomic E-state index is 0.0715. The molecule has 134 valence electrons. The molecule has 2 aliphatic heterocycles. The molecule has 1 aromatic rings. The van der Waals surface area contributed by atoms with Crippen LogP contribution in [0.4, 0.5) is 5.13 Å². The van der Waals surface area contributed by atoms with E-state index in [2.05, 4.69) is 9.88 Å². The number of carbonyl (C=O) groups excluding carboxylic acids is 1. The second-order valence-corrected chi connectivity index (χ2v) is 7.45. The van der Waals surface area contributed by atoms with Gasteiger partial charge in [0.2, 0.25) is 5.91 Å². The van der Waals surface area contributed by atoms with Crippen molar-refractivity contribution in [2.45, 2.75) is 25.9 Å². The van der Waals surface area contributed by atoms with Gasteiger partial charge >= 0.3 is 0 Å². The smallest absolute Gasteiger partial charge is 0.227 e. The first-order chi connectivity index (χ1) is 11.6. The standard InChI is InChI=1S/C16H26N4O3S/c1-12-14(24-16(17)18-12)9-15(21)20-3-2-6-23-13(11-20)10-19-4-7-22-8-5-19/h13H,2-11H2,1H3,(H2,17,18)/t13-/m1/s1. The lowest BCUT2D eigenvalue weighted by molar-refractivity contribution is -0.131. The zero-order valence-electron chi connectivity index (χ0n) is 14.2. The number of amides is 1. The molecule has 0 spiro atoms. The van der Waals surface area contributed by atoms with Crippen molar-refractivity contribution in [1.82, 2.24) is 14.8 Å². The Morgan fingerprint density at radius 3 is 2.83 bits per heavy atom. The summed E-state index contributed by atoms with van der Waals surface area (Å²) in [5, 5.41) is 0.527. The van der Waals surface area contributed by atoms with Gasteiger partial charge in [-0.25, -0.2) is 4.98 Å². The van der Waals surface area contributed by atoms with Crippen molar-refractivity contribution in [1.29, 1.82) is 0 Å². The van der Waals surface area contributed by atoms with Gasteiger partial charge in [0.25, 0.3) is 0 Å². The molecule has 2 N–H and O–H groups in total. The van der Waals surface area contributed by atoms with Gasteiger partial charge in [-0.05, 0) is 13.3 Å². The van der Waals surface area contributed by atoms with Crippen molar-refractivity contribution in [3.05, 3.63) is 10.6 Å². The Morgan fingerprint density at radius 1 is 1.33 bits per heavy atom. The number of nitrogens with zero attached hydrogens (tertiary/aromatic N) is 3. The maximum absolute atomic E-state index is 12.7. The summed E-state index contributed by atoms with van der Waals surface area (Å²) in [6.07, 6.45) is 1.34. The summed E-state index contributed by atoms with van der Waals surface area (Å²) in [5.41, 5.74) is 6.59. The number of morpholine rings is 1.